The number of aromatic nitrogens is 1. The Morgan fingerprint density at radius 3 is 2.56 bits per heavy atom. The Bertz CT molecular complexity index is 1750. The van der Waals surface area contributed by atoms with E-state index < -0.39 is 0 Å². The zero-order valence-corrected chi connectivity index (χ0v) is 27.3. The van der Waals surface area contributed by atoms with E-state index in [1.807, 2.05) is 73.0 Å². The van der Waals surface area contributed by atoms with E-state index in [-0.39, 0.29) is 12.5 Å². The lowest BCUT2D eigenvalue weighted by Gasteiger charge is -2.15. The van der Waals surface area contributed by atoms with Crippen LogP contribution in [0.25, 0.3) is 11.3 Å². The molecule has 0 radical (unpaired) electrons. The number of amides is 1. The quantitative estimate of drug-likeness (QED) is 0.0801. The van der Waals surface area contributed by atoms with Crippen molar-refractivity contribution in [1.82, 2.24) is 10.4 Å². The van der Waals surface area contributed by atoms with E-state index in [0.717, 1.165) is 36.8 Å². The summed E-state index contributed by atoms with van der Waals surface area (Å²) in [6, 6.07) is 26.1. The number of rotatable bonds is 11. The maximum atomic E-state index is 12.7. The third kappa shape index (κ3) is 8.26. The van der Waals surface area contributed by atoms with Gasteiger partial charge >= 0.3 is 0 Å². The van der Waals surface area contributed by atoms with Crippen LogP contribution in [0.15, 0.2) is 95.4 Å². The summed E-state index contributed by atoms with van der Waals surface area (Å²) in [6.45, 7) is 2.60. The van der Waals surface area contributed by atoms with Gasteiger partial charge in [0.25, 0.3) is 5.91 Å². The Morgan fingerprint density at radius 2 is 1.81 bits per heavy atom. The largest absolute Gasteiger partial charge is 0.490 e. The van der Waals surface area contributed by atoms with E-state index in [2.05, 4.69) is 43.4 Å². The molecule has 4 aromatic carbocycles. The SMILES string of the molecule is CCOc1cc(/C=N\NC(=O)c2ccc(-c3csc(Nc4ccccc4)n3)cc2)cc(I)c1OCc1ccc(Cl)cc1Cl. The average molecular weight is 743 g/mol. The number of benzene rings is 4. The number of carbonyl (C=O) groups is 1. The molecule has 0 saturated carbocycles. The number of halogens is 3. The topological polar surface area (TPSA) is 84.8 Å². The van der Waals surface area contributed by atoms with Crippen molar-refractivity contribution in [2.24, 2.45) is 5.10 Å². The lowest BCUT2D eigenvalue weighted by atomic mass is 10.1. The molecule has 0 spiro atoms. The Hall–Kier alpha value is -3.64. The highest BCUT2D eigenvalue weighted by atomic mass is 127. The van der Waals surface area contributed by atoms with E-state index in [1.54, 1.807) is 30.5 Å². The van der Waals surface area contributed by atoms with Crippen LogP contribution < -0.4 is 20.2 Å². The normalized spacial score (nSPS) is 11.0. The van der Waals surface area contributed by atoms with Gasteiger partial charge in [-0.2, -0.15) is 5.10 Å². The molecule has 7 nitrogen and oxygen atoms in total. The maximum Gasteiger partial charge on any atom is 0.271 e. The van der Waals surface area contributed by atoms with Gasteiger partial charge in [0.1, 0.15) is 6.61 Å². The van der Waals surface area contributed by atoms with Gasteiger partial charge in [0.15, 0.2) is 16.6 Å². The number of hydrogen-bond acceptors (Lipinski definition) is 7. The number of anilines is 2. The highest BCUT2D eigenvalue weighted by molar-refractivity contribution is 14.1. The number of thiazole rings is 1. The first-order valence-electron chi connectivity index (χ1n) is 13.1. The van der Waals surface area contributed by atoms with E-state index in [4.69, 9.17) is 32.7 Å². The molecule has 0 aliphatic rings. The summed E-state index contributed by atoms with van der Waals surface area (Å²) in [5, 5.41) is 11.3. The lowest BCUT2D eigenvalue weighted by molar-refractivity contribution is 0.0955. The van der Waals surface area contributed by atoms with Crippen LogP contribution in [0.4, 0.5) is 10.8 Å². The van der Waals surface area contributed by atoms with Gasteiger partial charge in [-0.1, -0.05) is 59.6 Å². The highest BCUT2D eigenvalue weighted by Crippen LogP contribution is 2.35. The van der Waals surface area contributed by atoms with Crippen molar-refractivity contribution in [3.05, 3.63) is 121 Å². The number of nitrogens with one attached hydrogen (secondary N) is 2. The number of hydrogen-bond donors (Lipinski definition) is 2. The first-order chi connectivity index (χ1) is 20.9. The Balaban J connectivity index is 1.21. The fraction of sp³-hybridized carbons (Fsp3) is 0.0938. The standard InChI is InChI=1S/C32H25Cl2IN4O3S/c1-2-41-29-15-20(14-27(35)30(29)42-18-23-12-13-24(33)16-26(23)34)17-36-39-31(40)22-10-8-21(9-11-22)28-19-43-32(38-28)37-25-6-4-3-5-7-25/h3-17,19H,2,18H2,1H3,(H,37,38)(H,39,40)/b36-17-. The van der Waals surface area contributed by atoms with Gasteiger partial charge in [-0.15, -0.1) is 11.3 Å². The molecule has 0 atom stereocenters. The summed E-state index contributed by atoms with van der Waals surface area (Å²) >= 11 is 16.0. The minimum atomic E-state index is -0.327. The van der Waals surface area contributed by atoms with Crippen LogP contribution in [-0.2, 0) is 6.61 Å². The molecule has 43 heavy (non-hydrogen) atoms. The zero-order chi connectivity index (χ0) is 30.2. The molecule has 0 aliphatic carbocycles. The minimum Gasteiger partial charge on any atom is -0.490 e. The first-order valence-corrected chi connectivity index (χ1v) is 15.9. The molecular weight excluding hydrogens is 718 g/mol. The summed E-state index contributed by atoms with van der Waals surface area (Å²) < 4.78 is 12.7. The molecule has 0 saturated heterocycles. The molecule has 11 heteroatoms. The zero-order valence-electron chi connectivity index (χ0n) is 22.8. The number of hydrazone groups is 1. The fourth-order valence-electron chi connectivity index (χ4n) is 3.99. The highest BCUT2D eigenvalue weighted by Gasteiger charge is 2.14. The molecule has 5 rings (SSSR count). The van der Waals surface area contributed by atoms with Crippen molar-refractivity contribution in [3.63, 3.8) is 0 Å². The molecule has 0 aliphatic heterocycles. The van der Waals surface area contributed by atoms with E-state index in [1.165, 1.54) is 11.3 Å². The predicted molar refractivity (Wildman–Crippen MR) is 183 cm³/mol. The van der Waals surface area contributed by atoms with E-state index >= 15 is 0 Å². The van der Waals surface area contributed by atoms with Gasteiger partial charge in [0.05, 0.1) is 22.1 Å². The van der Waals surface area contributed by atoms with Gasteiger partial charge < -0.3 is 14.8 Å². The number of nitrogens with zero attached hydrogens (tertiary/aromatic N) is 2. The molecule has 1 heterocycles. The minimum absolute atomic E-state index is 0.253. The third-order valence-corrected chi connectivity index (χ3v) is 8.22. The van der Waals surface area contributed by atoms with Gasteiger partial charge in [-0.25, -0.2) is 10.4 Å². The predicted octanol–water partition coefficient (Wildman–Crippen LogP) is 9.21. The second-order valence-electron chi connectivity index (χ2n) is 9.09. The summed E-state index contributed by atoms with van der Waals surface area (Å²) in [5.74, 6) is 0.830. The molecule has 1 amide bonds. The van der Waals surface area contributed by atoms with Gasteiger partial charge in [0, 0.05) is 37.8 Å². The lowest BCUT2D eigenvalue weighted by Crippen LogP contribution is -2.17. The number of carbonyl (C=O) groups excluding carboxylic acids is 1. The number of para-hydroxylation sites is 1. The monoisotopic (exact) mass is 742 g/mol. The molecular formula is C32H25Cl2IN4O3S. The average Bonchev–Trinajstić information content (AvgIpc) is 3.47. The molecule has 2 N–H and O–H groups in total. The second kappa shape index (κ2) is 14.7. The van der Waals surface area contributed by atoms with Crippen LogP contribution in [0.3, 0.4) is 0 Å². The Kier molecular flexibility index (Phi) is 10.5. The van der Waals surface area contributed by atoms with Gasteiger partial charge in [0.2, 0.25) is 0 Å². The molecule has 0 unspecified atom stereocenters. The van der Waals surface area contributed by atoms with Crippen molar-refractivity contribution >= 4 is 80.1 Å². The molecule has 1 aromatic heterocycles. The summed E-state index contributed by atoms with van der Waals surface area (Å²) in [7, 11) is 0. The second-order valence-corrected chi connectivity index (χ2v) is 12.0. The third-order valence-electron chi connectivity index (χ3n) is 6.07. The molecule has 218 valence electrons. The number of ether oxygens (including phenoxy) is 2. The van der Waals surface area contributed by atoms with E-state index in [0.29, 0.717) is 33.7 Å². The van der Waals surface area contributed by atoms with Crippen LogP contribution in [0.1, 0.15) is 28.4 Å². The summed E-state index contributed by atoms with van der Waals surface area (Å²) in [6.07, 6.45) is 1.56. The van der Waals surface area contributed by atoms with Crippen LogP contribution in [0.2, 0.25) is 10.0 Å². The smallest absolute Gasteiger partial charge is 0.271 e. The molecule has 5 aromatic rings. The van der Waals surface area contributed by atoms with Crippen molar-refractivity contribution in [2.75, 3.05) is 11.9 Å². The van der Waals surface area contributed by atoms with Crippen molar-refractivity contribution < 1.29 is 14.3 Å². The van der Waals surface area contributed by atoms with Crippen molar-refractivity contribution in [2.45, 2.75) is 13.5 Å². The van der Waals surface area contributed by atoms with E-state index in [9.17, 15) is 4.79 Å². The van der Waals surface area contributed by atoms with Crippen LogP contribution in [0.5, 0.6) is 11.5 Å². The first kappa shape index (κ1) is 30.8. The summed E-state index contributed by atoms with van der Waals surface area (Å²) in [4.78, 5) is 17.4. The fourth-order valence-corrected chi connectivity index (χ4v) is 5.97. The summed E-state index contributed by atoms with van der Waals surface area (Å²) in [5.41, 5.74) is 7.33. The van der Waals surface area contributed by atoms with Gasteiger partial charge in [-0.3, -0.25) is 4.79 Å². The van der Waals surface area contributed by atoms with Gasteiger partial charge in [-0.05, 0) is 83.6 Å². The van der Waals surface area contributed by atoms with Crippen molar-refractivity contribution in [1.29, 1.82) is 0 Å². The Labute approximate surface area is 277 Å². The molecule has 0 fully saturated rings. The van der Waals surface area contributed by atoms with Crippen LogP contribution in [-0.4, -0.2) is 23.7 Å². The Morgan fingerprint density at radius 1 is 1.02 bits per heavy atom. The van der Waals surface area contributed by atoms with Crippen molar-refractivity contribution in [3.8, 4) is 22.8 Å². The maximum absolute atomic E-state index is 12.7. The molecule has 0 bridgehead atoms. The van der Waals surface area contributed by atoms with Crippen LogP contribution >= 0.6 is 57.1 Å². The van der Waals surface area contributed by atoms with Crippen LogP contribution in [0, 0.1) is 3.57 Å².